The summed E-state index contributed by atoms with van der Waals surface area (Å²) in [6.45, 7) is 1.75. The summed E-state index contributed by atoms with van der Waals surface area (Å²) in [5.74, 6) is 5.15. The Hall–Kier alpha value is -5.81. The first-order valence-electron chi connectivity index (χ1n) is 15.0. The van der Waals surface area contributed by atoms with Crippen LogP contribution in [-0.2, 0) is 4.79 Å². The molecular formula is C32H31ClF3N11O3. The predicted molar refractivity (Wildman–Crippen MR) is 182 cm³/mol. The Kier molecular flexibility index (Phi) is 10.5. The molecule has 0 fully saturated rings. The first-order chi connectivity index (χ1) is 23.7. The summed E-state index contributed by atoms with van der Waals surface area (Å²) in [6, 6.07) is 9.30. The molecule has 3 aromatic heterocycles. The molecule has 5 rings (SSSR count). The number of aliphatic imine (C=N–C) groups is 1. The van der Waals surface area contributed by atoms with Crippen LogP contribution in [0.2, 0.25) is 5.02 Å². The highest BCUT2D eigenvalue weighted by molar-refractivity contribution is 6.31. The zero-order chi connectivity index (χ0) is 36.2. The Balaban J connectivity index is 1.56. The van der Waals surface area contributed by atoms with Crippen molar-refractivity contribution in [2.75, 3.05) is 5.01 Å². The number of allylic oxidation sites excluding steroid dienone is 2. The van der Waals surface area contributed by atoms with Crippen molar-refractivity contribution < 1.29 is 18.0 Å². The number of anilines is 1. The Labute approximate surface area is 287 Å². The number of nitrogens with zero attached hydrogens (tertiary/aromatic N) is 6. The van der Waals surface area contributed by atoms with Gasteiger partial charge in [0.05, 0.1) is 58.9 Å². The molecule has 0 radical (unpaired) electrons. The molecule has 260 valence electrons. The summed E-state index contributed by atoms with van der Waals surface area (Å²) in [6.07, 6.45) is 2.51. The van der Waals surface area contributed by atoms with Crippen molar-refractivity contribution in [3.05, 3.63) is 116 Å². The lowest BCUT2D eigenvalue weighted by Crippen LogP contribution is -2.32. The topological polar surface area (TPSA) is 216 Å². The molecule has 0 saturated carbocycles. The van der Waals surface area contributed by atoms with Crippen molar-refractivity contribution in [1.29, 1.82) is 0 Å². The highest BCUT2D eigenvalue weighted by Gasteiger charge is 2.32. The molecule has 2 atom stereocenters. The van der Waals surface area contributed by atoms with Crippen molar-refractivity contribution in [1.82, 2.24) is 30.0 Å². The van der Waals surface area contributed by atoms with Crippen LogP contribution in [0.3, 0.4) is 0 Å². The van der Waals surface area contributed by atoms with Crippen molar-refractivity contribution in [3.63, 3.8) is 0 Å². The number of alkyl halides is 3. The maximum Gasteiger partial charge on any atom is 0.432 e. The SMILES string of the molecule is CC1CCCC(n2cnc(-c3cc(Cl)ccc3N(N)/C=C(\N)C(F)(F)F)cc2=O)c2cc(ccn2)C(N)=C(C=Nc2cn[nH]c(=O)c2)NC1=O. The van der Waals surface area contributed by atoms with Crippen molar-refractivity contribution in [2.45, 2.75) is 38.4 Å². The minimum Gasteiger partial charge on any atom is -0.397 e. The Bertz CT molecular complexity index is 2130. The molecule has 14 nitrogen and oxygen atoms in total. The number of hydrogen-bond acceptors (Lipinski definition) is 11. The summed E-state index contributed by atoms with van der Waals surface area (Å²) in [5, 5.41) is 9.69. The predicted octanol–water partition coefficient (Wildman–Crippen LogP) is 3.64. The van der Waals surface area contributed by atoms with Crippen LogP contribution >= 0.6 is 11.6 Å². The van der Waals surface area contributed by atoms with Crippen LogP contribution in [0, 0.1) is 5.92 Å². The average molecular weight is 710 g/mol. The van der Waals surface area contributed by atoms with Crippen LogP contribution in [-0.4, -0.2) is 43.0 Å². The zero-order valence-electron chi connectivity index (χ0n) is 26.4. The molecule has 1 amide bonds. The largest absolute Gasteiger partial charge is 0.432 e. The standard InChI is InChI=1S/C32H31ClF3N11O3/c1-17-3-2-4-26(23-9-18(7-8-40-23)30(38)24(44-31(17)50)14-41-20-11-28(48)45-43-13-20)46-16-42-22(12-29(46)49)21-10-19(33)5-6-25(21)47(39)15-27(37)32(34,35)36/h5-17,26H,2-4,37-39H2,1H3,(H,44,50)(H,45,48)/b27-15-,30-24?,41-14?. The number of fused-ring (bicyclic) bond motifs is 2. The summed E-state index contributed by atoms with van der Waals surface area (Å²) in [5.41, 5.74) is 11.1. The lowest BCUT2D eigenvalue weighted by molar-refractivity contribution is -0.123. The van der Waals surface area contributed by atoms with Gasteiger partial charge in [0.15, 0.2) is 0 Å². The normalized spacial score (nSPS) is 17.6. The highest BCUT2D eigenvalue weighted by Crippen LogP contribution is 2.33. The van der Waals surface area contributed by atoms with Gasteiger partial charge in [0.25, 0.3) is 11.1 Å². The third kappa shape index (κ3) is 8.24. The van der Waals surface area contributed by atoms with Gasteiger partial charge < -0.3 is 16.8 Å². The molecule has 18 heteroatoms. The molecule has 2 bridgehead atoms. The first-order valence-corrected chi connectivity index (χ1v) is 15.4. The lowest BCUT2D eigenvalue weighted by atomic mass is 9.97. The van der Waals surface area contributed by atoms with Crippen LogP contribution in [0.1, 0.15) is 43.5 Å². The van der Waals surface area contributed by atoms with Crippen molar-refractivity contribution in [2.24, 2.45) is 28.2 Å². The van der Waals surface area contributed by atoms with Gasteiger partial charge in [-0.15, -0.1) is 0 Å². The number of halogens is 4. The van der Waals surface area contributed by atoms with Gasteiger partial charge in [-0.1, -0.05) is 24.9 Å². The van der Waals surface area contributed by atoms with Gasteiger partial charge in [-0.25, -0.2) is 15.9 Å². The van der Waals surface area contributed by atoms with Crippen LogP contribution in [0.15, 0.2) is 93.4 Å². The van der Waals surface area contributed by atoms with Crippen LogP contribution < -0.4 is 38.8 Å². The molecule has 0 aliphatic carbocycles. The maximum atomic E-state index is 13.7. The Morgan fingerprint density at radius 1 is 1.12 bits per heavy atom. The number of hydrogen-bond donors (Lipinski definition) is 5. The summed E-state index contributed by atoms with van der Waals surface area (Å²) in [4.78, 5) is 51.8. The van der Waals surface area contributed by atoms with Gasteiger partial charge in [0, 0.05) is 46.6 Å². The summed E-state index contributed by atoms with van der Waals surface area (Å²) >= 11 is 6.20. The van der Waals surface area contributed by atoms with E-state index in [2.05, 4.69) is 30.5 Å². The number of aromatic amines is 1. The van der Waals surface area contributed by atoms with E-state index < -0.39 is 35.0 Å². The maximum absolute atomic E-state index is 13.7. The van der Waals surface area contributed by atoms with Crippen molar-refractivity contribution in [3.8, 4) is 11.3 Å². The molecule has 0 saturated heterocycles. The van der Waals surface area contributed by atoms with Gasteiger partial charge >= 0.3 is 6.18 Å². The minimum absolute atomic E-state index is 0.0517. The first kappa shape index (κ1) is 35.5. The number of nitrogens with two attached hydrogens (primary N) is 3. The number of nitrogens with one attached hydrogen (secondary N) is 2. The number of carbonyl (C=O) groups is 1. The number of rotatable bonds is 6. The molecule has 1 aromatic carbocycles. The van der Waals surface area contributed by atoms with Gasteiger partial charge in [0.2, 0.25) is 5.91 Å². The van der Waals surface area contributed by atoms with E-state index in [-0.39, 0.29) is 45.0 Å². The number of aromatic nitrogens is 5. The number of pyridine rings is 1. The number of H-pyrrole nitrogens is 1. The number of carbonyl (C=O) groups excluding carboxylic acids is 1. The third-order valence-electron chi connectivity index (χ3n) is 7.83. The summed E-state index contributed by atoms with van der Waals surface area (Å²) in [7, 11) is 0. The zero-order valence-corrected chi connectivity index (χ0v) is 27.1. The Morgan fingerprint density at radius 3 is 2.62 bits per heavy atom. The van der Waals surface area contributed by atoms with E-state index in [0.29, 0.717) is 41.7 Å². The van der Waals surface area contributed by atoms with E-state index >= 15 is 0 Å². The molecule has 4 heterocycles. The molecule has 0 spiro atoms. The molecule has 2 unspecified atom stereocenters. The number of amides is 1. The lowest BCUT2D eigenvalue weighted by Gasteiger charge is -2.23. The van der Waals surface area contributed by atoms with E-state index in [9.17, 15) is 27.6 Å². The quantitative estimate of drug-likeness (QED) is 0.111. The number of hydrazine groups is 1. The van der Waals surface area contributed by atoms with Gasteiger partial charge in [-0.2, -0.15) is 18.3 Å². The second-order valence-corrected chi connectivity index (χ2v) is 11.8. The van der Waals surface area contributed by atoms with Gasteiger partial charge in [0.1, 0.15) is 5.70 Å². The second kappa shape index (κ2) is 14.8. The average Bonchev–Trinajstić information content (AvgIpc) is 3.07. The fraction of sp³-hybridized carbons (Fsp3) is 0.219. The smallest absolute Gasteiger partial charge is 0.397 e. The molecule has 50 heavy (non-hydrogen) atoms. The second-order valence-electron chi connectivity index (χ2n) is 11.4. The van der Waals surface area contributed by atoms with E-state index in [0.717, 1.165) is 0 Å². The van der Waals surface area contributed by atoms with E-state index in [1.807, 2.05) is 0 Å². The highest BCUT2D eigenvalue weighted by atomic mass is 35.5. The van der Waals surface area contributed by atoms with E-state index in [1.165, 1.54) is 59.8 Å². The Morgan fingerprint density at radius 2 is 1.90 bits per heavy atom. The van der Waals surface area contributed by atoms with Crippen LogP contribution in [0.5, 0.6) is 0 Å². The van der Waals surface area contributed by atoms with E-state index in [1.54, 1.807) is 19.1 Å². The van der Waals surface area contributed by atoms with Gasteiger partial charge in [-0.05, 0) is 43.2 Å². The molecule has 1 aliphatic rings. The summed E-state index contributed by atoms with van der Waals surface area (Å²) < 4.78 is 40.7. The molecular weight excluding hydrogens is 679 g/mol. The van der Waals surface area contributed by atoms with Crippen LogP contribution in [0.25, 0.3) is 17.0 Å². The van der Waals surface area contributed by atoms with Crippen molar-refractivity contribution >= 4 is 40.8 Å². The number of benzene rings is 1. The molecule has 8 N–H and O–H groups in total. The monoisotopic (exact) mass is 709 g/mol. The third-order valence-corrected chi connectivity index (χ3v) is 8.06. The van der Waals surface area contributed by atoms with Gasteiger partial charge in [-0.3, -0.25) is 33.9 Å². The minimum atomic E-state index is -4.82. The molecule has 1 aliphatic heterocycles. The van der Waals surface area contributed by atoms with Crippen LogP contribution in [0.4, 0.5) is 24.5 Å². The van der Waals surface area contributed by atoms with E-state index in [4.69, 9.17) is 28.9 Å². The fourth-order valence-electron chi connectivity index (χ4n) is 5.15. The fourth-order valence-corrected chi connectivity index (χ4v) is 5.33. The molecule has 4 aromatic rings.